The summed E-state index contributed by atoms with van der Waals surface area (Å²) in [5, 5.41) is 0. The molecule has 1 amide bonds. The molecule has 0 saturated heterocycles. The van der Waals surface area contributed by atoms with E-state index in [1.807, 2.05) is 12.4 Å². The van der Waals surface area contributed by atoms with E-state index in [1.165, 1.54) is 38.8 Å². The summed E-state index contributed by atoms with van der Waals surface area (Å²) in [6.45, 7) is 9.76. The number of fused-ring (bicyclic) bond motifs is 1. The van der Waals surface area contributed by atoms with E-state index in [0.717, 1.165) is 54.3 Å². The lowest BCUT2D eigenvalue weighted by molar-refractivity contribution is 0.0582. The number of imidazole rings is 2. The number of nitrogens with zero attached hydrogens (tertiary/aromatic N) is 5. The molecule has 2 aromatic heterocycles. The van der Waals surface area contributed by atoms with Crippen LogP contribution in [0.1, 0.15) is 85.5 Å². The number of benzene rings is 1. The molecule has 8 nitrogen and oxygen atoms in total. The van der Waals surface area contributed by atoms with E-state index in [0.29, 0.717) is 25.2 Å². The van der Waals surface area contributed by atoms with Gasteiger partial charge in [0.1, 0.15) is 11.6 Å². The first-order valence-corrected chi connectivity index (χ1v) is 14.0. The lowest BCUT2D eigenvalue weighted by Gasteiger charge is -2.39. The zero-order chi connectivity index (χ0) is 25.6. The molecule has 0 unspecified atom stereocenters. The Labute approximate surface area is 220 Å². The summed E-state index contributed by atoms with van der Waals surface area (Å²) in [4.78, 5) is 35.9. The first-order valence-electron chi connectivity index (χ1n) is 14.0. The van der Waals surface area contributed by atoms with Crippen LogP contribution in [-0.4, -0.2) is 65.7 Å². The van der Waals surface area contributed by atoms with Crippen LogP contribution in [0.15, 0.2) is 43.0 Å². The normalized spacial score (nSPS) is 19.8. The number of aromatic amines is 2. The maximum atomic E-state index is 13.5. The van der Waals surface area contributed by atoms with Crippen LogP contribution in [0.3, 0.4) is 0 Å². The highest BCUT2D eigenvalue weighted by molar-refractivity contribution is 5.98. The van der Waals surface area contributed by atoms with Crippen LogP contribution >= 0.6 is 0 Å². The van der Waals surface area contributed by atoms with Crippen molar-refractivity contribution in [3.63, 3.8) is 0 Å². The van der Waals surface area contributed by atoms with Gasteiger partial charge < -0.3 is 19.8 Å². The van der Waals surface area contributed by atoms with Crippen LogP contribution in [0.2, 0.25) is 0 Å². The minimum absolute atomic E-state index is 0.211. The van der Waals surface area contributed by atoms with Crippen molar-refractivity contribution in [3.8, 4) is 0 Å². The van der Waals surface area contributed by atoms with Crippen molar-refractivity contribution in [2.24, 2.45) is 0 Å². The Kier molecular flexibility index (Phi) is 8.36. The molecule has 3 heterocycles. The molecule has 37 heavy (non-hydrogen) atoms. The van der Waals surface area contributed by atoms with Gasteiger partial charge in [0.2, 0.25) is 0 Å². The van der Waals surface area contributed by atoms with E-state index in [9.17, 15) is 4.79 Å². The number of aromatic nitrogens is 4. The van der Waals surface area contributed by atoms with Crippen molar-refractivity contribution in [1.82, 2.24) is 34.6 Å². The number of nitrogens with one attached hydrogen (secondary N) is 2. The average molecular weight is 504 g/mol. The van der Waals surface area contributed by atoms with Crippen LogP contribution in [0.25, 0.3) is 0 Å². The minimum Gasteiger partial charge on any atom is -0.348 e. The van der Waals surface area contributed by atoms with Gasteiger partial charge in [-0.25, -0.2) is 9.97 Å². The molecule has 0 atom stereocenters. The third-order valence-corrected chi connectivity index (χ3v) is 7.91. The van der Waals surface area contributed by atoms with E-state index in [4.69, 9.17) is 0 Å². The van der Waals surface area contributed by atoms with E-state index >= 15 is 0 Å². The third-order valence-electron chi connectivity index (χ3n) is 7.91. The van der Waals surface area contributed by atoms with E-state index in [1.54, 1.807) is 12.4 Å². The number of hydrogen-bond donors (Lipinski definition) is 2. The Bertz CT molecular complexity index is 1080. The van der Waals surface area contributed by atoms with Crippen molar-refractivity contribution in [2.45, 2.75) is 90.6 Å². The molecular weight excluding hydrogens is 462 g/mol. The average Bonchev–Trinajstić information content (AvgIpc) is 3.67. The van der Waals surface area contributed by atoms with Gasteiger partial charge in [-0.3, -0.25) is 9.69 Å². The number of carbonyl (C=O) groups is 1. The highest BCUT2D eigenvalue weighted by atomic mass is 16.2. The molecular formula is C29H41N7O. The first-order chi connectivity index (χ1) is 18.1. The van der Waals surface area contributed by atoms with Gasteiger partial charge in [-0.1, -0.05) is 26.0 Å². The highest BCUT2D eigenvalue weighted by Gasteiger charge is 2.36. The molecule has 0 spiro atoms. The third kappa shape index (κ3) is 6.13. The fourth-order valence-corrected chi connectivity index (χ4v) is 6.17. The predicted molar refractivity (Wildman–Crippen MR) is 145 cm³/mol. The van der Waals surface area contributed by atoms with Crippen molar-refractivity contribution in [1.29, 1.82) is 0 Å². The van der Waals surface area contributed by atoms with Gasteiger partial charge in [0, 0.05) is 55.5 Å². The van der Waals surface area contributed by atoms with Crippen LogP contribution in [0, 0.1) is 0 Å². The van der Waals surface area contributed by atoms with Crippen LogP contribution < -0.4 is 0 Å². The Hall–Kier alpha value is -2.97. The zero-order valence-electron chi connectivity index (χ0n) is 22.3. The van der Waals surface area contributed by atoms with Gasteiger partial charge in [0.25, 0.3) is 5.91 Å². The van der Waals surface area contributed by atoms with E-state index in [2.05, 4.69) is 66.7 Å². The molecule has 3 aromatic rings. The number of rotatable bonds is 12. The Morgan fingerprint density at radius 1 is 0.919 bits per heavy atom. The molecule has 2 aliphatic rings. The molecule has 2 N–H and O–H groups in total. The summed E-state index contributed by atoms with van der Waals surface area (Å²) < 4.78 is 0. The fraction of sp³-hybridized carbons (Fsp3) is 0.552. The molecule has 1 aliphatic carbocycles. The summed E-state index contributed by atoms with van der Waals surface area (Å²) in [7, 11) is 0. The Balaban J connectivity index is 1.23. The van der Waals surface area contributed by atoms with Gasteiger partial charge in [-0.05, 0) is 68.8 Å². The molecule has 1 aromatic carbocycles. The second kappa shape index (κ2) is 12.0. The molecule has 0 bridgehead atoms. The fourth-order valence-electron chi connectivity index (χ4n) is 6.17. The summed E-state index contributed by atoms with van der Waals surface area (Å²) in [6.07, 6.45) is 14.3. The largest absolute Gasteiger partial charge is 0.348 e. The molecule has 1 fully saturated rings. The lowest BCUT2D eigenvalue weighted by Crippen LogP contribution is -2.44. The van der Waals surface area contributed by atoms with E-state index < -0.39 is 0 Å². The minimum atomic E-state index is 0.211. The predicted octanol–water partition coefficient (Wildman–Crippen LogP) is 4.72. The SMILES string of the molecule is CCCN(CCC)C1CCC(N2Cc3ccc(CN(Cc4ncc[nH]4)Cc4ncc[nH]4)cc3C2=O)CC1. The highest BCUT2D eigenvalue weighted by Crippen LogP contribution is 2.33. The summed E-state index contributed by atoms with van der Waals surface area (Å²) in [5.41, 5.74) is 3.19. The molecule has 5 rings (SSSR count). The van der Waals surface area contributed by atoms with Crippen molar-refractivity contribution < 1.29 is 4.79 Å². The van der Waals surface area contributed by atoms with Crippen molar-refractivity contribution in [2.75, 3.05) is 13.1 Å². The first kappa shape index (κ1) is 25.7. The van der Waals surface area contributed by atoms with Gasteiger partial charge >= 0.3 is 0 Å². The second-order valence-electron chi connectivity index (χ2n) is 10.6. The molecule has 198 valence electrons. The van der Waals surface area contributed by atoms with Crippen LogP contribution in [0.4, 0.5) is 0 Å². The topological polar surface area (TPSA) is 84.2 Å². The maximum Gasteiger partial charge on any atom is 0.254 e. The molecule has 1 aliphatic heterocycles. The summed E-state index contributed by atoms with van der Waals surface area (Å²) in [5.74, 6) is 2.05. The Morgan fingerprint density at radius 3 is 2.14 bits per heavy atom. The van der Waals surface area contributed by atoms with Crippen LogP contribution in [0.5, 0.6) is 0 Å². The van der Waals surface area contributed by atoms with Gasteiger partial charge in [0.15, 0.2) is 0 Å². The second-order valence-corrected chi connectivity index (χ2v) is 10.6. The molecule has 1 saturated carbocycles. The summed E-state index contributed by atoms with van der Waals surface area (Å²) in [6, 6.07) is 7.49. The number of amides is 1. The van der Waals surface area contributed by atoms with Gasteiger partial charge in [-0.2, -0.15) is 0 Å². The monoisotopic (exact) mass is 503 g/mol. The Morgan fingerprint density at radius 2 is 1.57 bits per heavy atom. The molecule has 8 heteroatoms. The zero-order valence-corrected chi connectivity index (χ0v) is 22.3. The molecule has 0 radical (unpaired) electrons. The van der Waals surface area contributed by atoms with Crippen molar-refractivity contribution in [3.05, 3.63) is 71.3 Å². The maximum absolute atomic E-state index is 13.5. The van der Waals surface area contributed by atoms with Crippen molar-refractivity contribution >= 4 is 5.91 Å². The smallest absolute Gasteiger partial charge is 0.254 e. The van der Waals surface area contributed by atoms with Gasteiger partial charge in [-0.15, -0.1) is 0 Å². The number of H-pyrrole nitrogens is 2. The lowest BCUT2D eigenvalue weighted by atomic mass is 9.89. The number of carbonyl (C=O) groups excluding carboxylic acids is 1. The number of hydrogen-bond acceptors (Lipinski definition) is 5. The van der Waals surface area contributed by atoms with E-state index in [-0.39, 0.29) is 5.91 Å². The summed E-state index contributed by atoms with van der Waals surface area (Å²) >= 11 is 0. The quantitative estimate of drug-likeness (QED) is 0.374. The van der Waals surface area contributed by atoms with Gasteiger partial charge in [0.05, 0.1) is 13.1 Å². The van der Waals surface area contributed by atoms with Crippen LogP contribution in [-0.2, 0) is 26.2 Å². The standard InChI is InChI=1S/C29H41N7O/c1-3-15-35(16-4-2)24-7-9-25(10-8-24)36-19-23-6-5-22(17-26(23)29(36)37)18-34(20-27-30-11-12-31-27)21-28-32-13-14-33-28/h5-6,11-14,17,24-25H,3-4,7-10,15-16,18-21H2,1-2H3,(H,30,31)(H,32,33).